The van der Waals surface area contributed by atoms with Crippen LogP contribution in [-0.2, 0) is 6.54 Å². The summed E-state index contributed by atoms with van der Waals surface area (Å²) in [5.41, 5.74) is 0. The Labute approximate surface area is 116 Å². The monoisotopic (exact) mass is 265 g/mol. The van der Waals surface area contributed by atoms with Gasteiger partial charge in [-0.2, -0.15) is 0 Å². The van der Waals surface area contributed by atoms with E-state index in [9.17, 15) is 5.11 Å². The van der Waals surface area contributed by atoms with Gasteiger partial charge in [-0.15, -0.1) is 0 Å². The number of imidazole rings is 1. The second-order valence-corrected chi connectivity index (χ2v) is 6.15. The first-order valence-electron chi connectivity index (χ1n) is 7.46. The minimum atomic E-state index is -0.110. The Morgan fingerprint density at radius 3 is 2.84 bits per heavy atom. The van der Waals surface area contributed by atoms with Gasteiger partial charge in [-0.1, -0.05) is 12.8 Å². The van der Waals surface area contributed by atoms with E-state index in [0.717, 1.165) is 31.8 Å². The van der Waals surface area contributed by atoms with Crippen LogP contribution in [0.5, 0.6) is 0 Å². The van der Waals surface area contributed by atoms with Crippen molar-refractivity contribution in [1.82, 2.24) is 14.5 Å². The molecule has 0 aliphatic heterocycles. The first-order chi connectivity index (χ1) is 9.08. The molecule has 1 saturated carbocycles. The van der Waals surface area contributed by atoms with E-state index in [1.807, 2.05) is 12.4 Å². The van der Waals surface area contributed by atoms with Crippen molar-refractivity contribution in [2.45, 2.75) is 58.2 Å². The minimum Gasteiger partial charge on any atom is -0.393 e. The fourth-order valence-electron chi connectivity index (χ4n) is 3.04. The van der Waals surface area contributed by atoms with Gasteiger partial charge in [0, 0.05) is 25.0 Å². The van der Waals surface area contributed by atoms with Crippen LogP contribution in [0.15, 0.2) is 12.4 Å². The van der Waals surface area contributed by atoms with Gasteiger partial charge in [0.15, 0.2) is 0 Å². The molecule has 108 valence electrons. The summed E-state index contributed by atoms with van der Waals surface area (Å²) in [6.07, 6.45) is 8.38. The summed E-state index contributed by atoms with van der Waals surface area (Å²) >= 11 is 0. The topological polar surface area (TPSA) is 41.3 Å². The third kappa shape index (κ3) is 3.80. The van der Waals surface area contributed by atoms with E-state index in [2.05, 4.69) is 35.3 Å². The molecular weight excluding hydrogens is 238 g/mol. The minimum absolute atomic E-state index is 0.110. The van der Waals surface area contributed by atoms with Crippen molar-refractivity contribution >= 4 is 0 Å². The Bertz CT molecular complexity index is 388. The molecule has 1 N–H and O–H groups in total. The molecule has 4 heteroatoms. The molecule has 1 aromatic heterocycles. The van der Waals surface area contributed by atoms with Gasteiger partial charge >= 0.3 is 0 Å². The quantitative estimate of drug-likeness (QED) is 0.889. The van der Waals surface area contributed by atoms with Gasteiger partial charge in [-0.05, 0) is 39.7 Å². The van der Waals surface area contributed by atoms with Crippen molar-refractivity contribution in [1.29, 1.82) is 0 Å². The summed E-state index contributed by atoms with van der Waals surface area (Å²) < 4.78 is 2.22. The van der Waals surface area contributed by atoms with Crippen molar-refractivity contribution in [3.8, 4) is 0 Å². The van der Waals surface area contributed by atoms with Crippen LogP contribution in [0.1, 0.15) is 51.4 Å². The highest BCUT2D eigenvalue weighted by Gasteiger charge is 2.24. The summed E-state index contributed by atoms with van der Waals surface area (Å²) in [7, 11) is 2.13. The molecule has 0 amide bonds. The summed E-state index contributed by atoms with van der Waals surface area (Å²) in [6.45, 7) is 6.17. The van der Waals surface area contributed by atoms with Crippen LogP contribution >= 0.6 is 0 Å². The zero-order chi connectivity index (χ0) is 13.8. The summed E-state index contributed by atoms with van der Waals surface area (Å²) in [6, 6.07) is 0.450. The van der Waals surface area contributed by atoms with Crippen molar-refractivity contribution in [3.63, 3.8) is 0 Å². The summed E-state index contributed by atoms with van der Waals surface area (Å²) in [5, 5.41) is 10.0. The van der Waals surface area contributed by atoms with Crippen molar-refractivity contribution < 1.29 is 5.11 Å². The first kappa shape index (κ1) is 14.5. The predicted octanol–water partition coefficient (Wildman–Crippen LogP) is 2.45. The van der Waals surface area contributed by atoms with E-state index in [-0.39, 0.29) is 6.10 Å². The maximum atomic E-state index is 10.0. The molecule has 0 spiro atoms. The molecule has 1 aromatic rings. The molecule has 0 bridgehead atoms. The molecule has 0 saturated heterocycles. The highest BCUT2D eigenvalue weighted by atomic mass is 16.3. The Balaban J connectivity index is 1.89. The molecular formula is C15H27N3O. The standard InChI is InChI=1S/C15H27N3O/c1-12(2)18-9-8-16-15(18)11-17(3)10-13-6-4-5-7-14(13)19/h8-9,12-14,19H,4-7,10-11H2,1-3H3. The van der Waals surface area contributed by atoms with E-state index in [4.69, 9.17) is 0 Å². The lowest BCUT2D eigenvalue weighted by atomic mass is 9.86. The van der Waals surface area contributed by atoms with Gasteiger partial charge in [0.1, 0.15) is 5.82 Å². The maximum Gasteiger partial charge on any atom is 0.123 e. The molecule has 2 atom stereocenters. The zero-order valence-corrected chi connectivity index (χ0v) is 12.4. The van der Waals surface area contributed by atoms with Crippen LogP contribution in [0.3, 0.4) is 0 Å². The second-order valence-electron chi connectivity index (χ2n) is 6.15. The Morgan fingerprint density at radius 2 is 2.16 bits per heavy atom. The fourth-order valence-corrected chi connectivity index (χ4v) is 3.04. The lowest BCUT2D eigenvalue weighted by molar-refractivity contribution is 0.0495. The van der Waals surface area contributed by atoms with Crippen LogP contribution in [0, 0.1) is 5.92 Å². The van der Waals surface area contributed by atoms with Crippen LogP contribution < -0.4 is 0 Å². The number of hydrogen-bond donors (Lipinski definition) is 1. The van der Waals surface area contributed by atoms with Gasteiger partial charge in [0.05, 0.1) is 12.6 Å². The van der Waals surface area contributed by atoms with Crippen LogP contribution in [0.2, 0.25) is 0 Å². The number of hydrogen-bond acceptors (Lipinski definition) is 3. The largest absolute Gasteiger partial charge is 0.393 e. The SMILES string of the molecule is CC(C)n1ccnc1CN(C)CC1CCCCC1O. The highest BCUT2D eigenvalue weighted by molar-refractivity contribution is 4.94. The number of aliphatic hydroxyl groups is 1. The molecule has 19 heavy (non-hydrogen) atoms. The van der Waals surface area contributed by atoms with Crippen molar-refractivity contribution in [2.24, 2.45) is 5.92 Å². The van der Waals surface area contributed by atoms with E-state index in [1.54, 1.807) is 0 Å². The molecule has 2 rings (SSSR count). The van der Waals surface area contributed by atoms with Gasteiger partial charge in [0.25, 0.3) is 0 Å². The average molecular weight is 265 g/mol. The predicted molar refractivity (Wildman–Crippen MR) is 76.9 cm³/mol. The van der Waals surface area contributed by atoms with Crippen LogP contribution in [0.4, 0.5) is 0 Å². The van der Waals surface area contributed by atoms with E-state index >= 15 is 0 Å². The molecule has 0 radical (unpaired) electrons. The van der Waals surface area contributed by atoms with Gasteiger partial charge in [-0.3, -0.25) is 4.90 Å². The van der Waals surface area contributed by atoms with E-state index < -0.39 is 0 Å². The molecule has 1 aliphatic rings. The molecule has 1 fully saturated rings. The highest BCUT2D eigenvalue weighted by Crippen LogP contribution is 2.25. The molecule has 1 aliphatic carbocycles. The van der Waals surface area contributed by atoms with E-state index in [0.29, 0.717) is 12.0 Å². The lowest BCUT2D eigenvalue weighted by Gasteiger charge is -2.31. The molecule has 0 aromatic carbocycles. The number of aromatic nitrogens is 2. The third-order valence-electron chi connectivity index (χ3n) is 4.13. The van der Waals surface area contributed by atoms with Crippen molar-refractivity contribution in [3.05, 3.63) is 18.2 Å². The molecule has 2 unspecified atom stereocenters. The summed E-state index contributed by atoms with van der Waals surface area (Å²) in [4.78, 5) is 6.74. The molecule has 1 heterocycles. The number of aliphatic hydroxyl groups excluding tert-OH is 1. The third-order valence-corrected chi connectivity index (χ3v) is 4.13. The van der Waals surface area contributed by atoms with Crippen molar-refractivity contribution in [2.75, 3.05) is 13.6 Å². The lowest BCUT2D eigenvalue weighted by Crippen LogP contribution is -2.35. The Morgan fingerprint density at radius 1 is 1.42 bits per heavy atom. The first-order valence-corrected chi connectivity index (χ1v) is 7.46. The van der Waals surface area contributed by atoms with E-state index in [1.165, 1.54) is 12.8 Å². The van der Waals surface area contributed by atoms with Gasteiger partial charge < -0.3 is 9.67 Å². The second kappa shape index (κ2) is 6.53. The Kier molecular flexibility index (Phi) is 4.99. The maximum absolute atomic E-state index is 10.0. The normalized spacial score (nSPS) is 24.3. The van der Waals surface area contributed by atoms with Gasteiger partial charge in [-0.25, -0.2) is 4.98 Å². The van der Waals surface area contributed by atoms with Gasteiger partial charge in [0.2, 0.25) is 0 Å². The average Bonchev–Trinajstić information content (AvgIpc) is 2.80. The smallest absolute Gasteiger partial charge is 0.123 e. The molecule has 4 nitrogen and oxygen atoms in total. The van der Waals surface area contributed by atoms with Crippen LogP contribution in [-0.4, -0.2) is 39.3 Å². The number of rotatable bonds is 5. The zero-order valence-electron chi connectivity index (χ0n) is 12.4. The van der Waals surface area contributed by atoms with Crippen LogP contribution in [0.25, 0.3) is 0 Å². The summed E-state index contributed by atoms with van der Waals surface area (Å²) in [5.74, 6) is 1.55. The number of nitrogens with zero attached hydrogens (tertiary/aromatic N) is 3. The Hall–Kier alpha value is -0.870. The fraction of sp³-hybridized carbons (Fsp3) is 0.800.